The highest BCUT2D eigenvalue weighted by atomic mass is 16.5. The highest BCUT2D eigenvalue weighted by Crippen LogP contribution is 2.14. The van der Waals surface area contributed by atoms with E-state index < -0.39 is 0 Å². The van der Waals surface area contributed by atoms with Crippen LogP contribution in [0.15, 0.2) is 12.3 Å². The molecule has 1 aromatic heterocycles. The summed E-state index contributed by atoms with van der Waals surface area (Å²) in [7, 11) is 1.58. The monoisotopic (exact) mass is 265 g/mol. The average molecular weight is 265 g/mol. The molecule has 1 fully saturated rings. The van der Waals surface area contributed by atoms with Crippen LogP contribution in [0.1, 0.15) is 6.92 Å². The third-order valence-electron chi connectivity index (χ3n) is 3.00. The van der Waals surface area contributed by atoms with Crippen molar-refractivity contribution in [3.8, 4) is 5.88 Å². The Morgan fingerprint density at radius 2 is 2.16 bits per heavy atom. The summed E-state index contributed by atoms with van der Waals surface area (Å²) in [5, 5.41) is 2.81. The van der Waals surface area contributed by atoms with Crippen LogP contribution in [0.2, 0.25) is 0 Å². The Morgan fingerprint density at radius 3 is 2.79 bits per heavy atom. The Kier molecular flexibility index (Phi) is 4.38. The van der Waals surface area contributed by atoms with Gasteiger partial charge in [0.05, 0.1) is 7.11 Å². The van der Waals surface area contributed by atoms with Gasteiger partial charge in [-0.1, -0.05) is 0 Å². The van der Waals surface area contributed by atoms with Crippen molar-refractivity contribution in [2.24, 2.45) is 0 Å². The number of ether oxygens (including phenoxy) is 1. The molecule has 0 atom stereocenters. The summed E-state index contributed by atoms with van der Waals surface area (Å²) in [5.74, 6) is 1.20. The normalized spacial score (nSPS) is 15.3. The lowest BCUT2D eigenvalue weighted by molar-refractivity contribution is 0.194. The minimum atomic E-state index is -0.00582. The third kappa shape index (κ3) is 3.24. The van der Waals surface area contributed by atoms with Crippen LogP contribution in [0, 0.1) is 0 Å². The summed E-state index contributed by atoms with van der Waals surface area (Å²) in [6.07, 6.45) is 1.68. The molecule has 2 heterocycles. The maximum absolute atomic E-state index is 11.7. The highest BCUT2D eigenvalue weighted by Gasteiger charge is 2.22. The number of rotatable bonds is 3. The number of aromatic nitrogens is 2. The predicted octanol–water partition coefficient (Wildman–Crippen LogP) is 0.337. The molecular weight excluding hydrogens is 246 g/mol. The van der Waals surface area contributed by atoms with Crippen LogP contribution in [0.5, 0.6) is 5.88 Å². The van der Waals surface area contributed by atoms with Crippen molar-refractivity contribution < 1.29 is 9.53 Å². The van der Waals surface area contributed by atoms with Crippen LogP contribution in [-0.2, 0) is 0 Å². The molecule has 1 aliphatic heterocycles. The van der Waals surface area contributed by atoms with Crippen LogP contribution in [0.25, 0.3) is 0 Å². The molecule has 2 amide bonds. The fourth-order valence-corrected chi connectivity index (χ4v) is 1.97. The van der Waals surface area contributed by atoms with Gasteiger partial charge in [0.2, 0.25) is 11.8 Å². The van der Waals surface area contributed by atoms with Gasteiger partial charge in [0.25, 0.3) is 0 Å². The van der Waals surface area contributed by atoms with Gasteiger partial charge in [-0.15, -0.1) is 0 Å². The molecule has 7 nitrogen and oxygen atoms in total. The minimum Gasteiger partial charge on any atom is -0.481 e. The first-order chi connectivity index (χ1) is 9.24. The van der Waals surface area contributed by atoms with Crippen molar-refractivity contribution in [3.05, 3.63) is 12.3 Å². The fourth-order valence-electron chi connectivity index (χ4n) is 1.97. The van der Waals surface area contributed by atoms with Gasteiger partial charge in [0.15, 0.2) is 0 Å². The predicted molar refractivity (Wildman–Crippen MR) is 71.4 cm³/mol. The van der Waals surface area contributed by atoms with Crippen LogP contribution in [0.3, 0.4) is 0 Å². The molecule has 2 rings (SSSR count). The zero-order valence-corrected chi connectivity index (χ0v) is 11.3. The summed E-state index contributed by atoms with van der Waals surface area (Å²) in [4.78, 5) is 24.1. The summed E-state index contributed by atoms with van der Waals surface area (Å²) in [5.41, 5.74) is 0. The van der Waals surface area contributed by atoms with Crippen molar-refractivity contribution in [2.45, 2.75) is 6.92 Å². The Labute approximate surface area is 112 Å². The standard InChI is InChI=1S/C12H19N5O2/c1-3-13-12(18)17-8-6-16(7-9-17)11-14-5-4-10(15-11)19-2/h4-5H,3,6-9H2,1-2H3,(H,13,18). The third-order valence-corrected chi connectivity index (χ3v) is 3.00. The molecule has 19 heavy (non-hydrogen) atoms. The van der Waals surface area contributed by atoms with Crippen LogP contribution in [-0.4, -0.2) is 60.7 Å². The first kappa shape index (κ1) is 13.4. The van der Waals surface area contributed by atoms with Gasteiger partial charge < -0.3 is 19.9 Å². The molecular formula is C12H19N5O2. The lowest BCUT2D eigenvalue weighted by Gasteiger charge is -2.34. The maximum atomic E-state index is 11.7. The number of piperazine rings is 1. The fraction of sp³-hybridized carbons (Fsp3) is 0.583. The maximum Gasteiger partial charge on any atom is 0.317 e. The smallest absolute Gasteiger partial charge is 0.317 e. The Hall–Kier alpha value is -2.05. The number of anilines is 1. The number of carbonyl (C=O) groups excluding carboxylic acids is 1. The topological polar surface area (TPSA) is 70.6 Å². The summed E-state index contributed by atoms with van der Waals surface area (Å²) in [6, 6.07) is 1.71. The molecule has 0 saturated carbocycles. The number of hydrogen-bond acceptors (Lipinski definition) is 5. The molecule has 0 aromatic carbocycles. The molecule has 0 unspecified atom stereocenters. The summed E-state index contributed by atoms with van der Waals surface area (Å²) < 4.78 is 5.08. The second kappa shape index (κ2) is 6.21. The quantitative estimate of drug-likeness (QED) is 0.853. The van der Waals surface area contributed by atoms with Crippen molar-refractivity contribution in [1.29, 1.82) is 0 Å². The van der Waals surface area contributed by atoms with E-state index in [1.165, 1.54) is 0 Å². The summed E-state index contributed by atoms with van der Waals surface area (Å²) >= 11 is 0. The number of amides is 2. The van der Waals surface area contributed by atoms with E-state index in [0.29, 0.717) is 31.5 Å². The van der Waals surface area contributed by atoms with Gasteiger partial charge in [-0.2, -0.15) is 4.98 Å². The molecule has 7 heteroatoms. The van der Waals surface area contributed by atoms with E-state index in [0.717, 1.165) is 13.1 Å². The zero-order chi connectivity index (χ0) is 13.7. The Bertz CT molecular complexity index is 432. The first-order valence-electron chi connectivity index (χ1n) is 6.39. The molecule has 0 bridgehead atoms. The average Bonchev–Trinajstić information content (AvgIpc) is 2.48. The van der Waals surface area contributed by atoms with Crippen LogP contribution in [0.4, 0.5) is 10.7 Å². The number of methoxy groups -OCH3 is 1. The largest absolute Gasteiger partial charge is 0.481 e. The van der Waals surface area contributed by atoms with Gasteiger partial charge in [0.1, 0.15) is 0 Å². The number of urea groups is 1. The van der Waals surface area contributed by atoms with Crippen molar-refractivity contribution in [3.63, 3.8) is 0 Å². The molecule has 1 saturated heterocycles. The van der Waals surface area contributed by atoms with Gasteiger partial charge in [0, 0.05) is 45.0 Å². The van der Waals surface area contributed by atoms with E-state index in [-0.39, 0.29) is 6.03 Å². The van der Waals surface area contributed by atoms with E-state index in [2.05, 4.69) is 20.2 Å². The molecule has 0 spiro atoms. The summed E-state index contributed by atoms with van der Waals surface area (Å²) in [6.45, 7) is 5.36. The lowest BCUT2D eigenvalue weighted by atomic mass is 10.3. The molecule has 1 aromatic rings. The highest BCUT2D eigenvalue weighted by molar-refractivity contribution is 5.74. The van der Waals surface area contributed by atoms with E-state index in [1.54, 1.807) is 24.3 Å². The SMILES string of the molecule is CCNC(=O)N1CCN(c2nccc(OC)n2)CC1. The second-order valence-electron chi connectivity index (χ2n) is 4.21. The number of nitrogens with zero attached hydrogens (tertiary/aromatic N) is 4. The van der Waals surface area contributed by atoms with E-state index in [4.69, 9.17) is 4.74 Å². The minimum absolute atomic E-state index is 0.00582. The Balaban J connectivity index is 1.94. The molecule has 0 radical (unpaired) electrons. The van der Waals surface area contributed by atoms with E-state index >= 15 is 0 Å². The van der Waals surface area contributed by atoms with Crippen molar-refractivity contribution in [1.82, 2.24) is 20.2 Å². The van der Waals surface area contributed by atoms with Crippen molar-refractivity contribution >= 4 is 12.0 Å². The van der Waals surface area contributed by atoms with Gasteiger partial charge in [-0.3, -0.25) is 0 Å². The van der Waals surface area contributed by atoms with E-state index in [1.807, 2.05) is 6.92 Å². The first-order valence-corrected chi connectivity index (χ1v) is 6.39. The lowest BCUT2D eigenvalue weighted by Crippen LogP contribution is -2.52. The second-order valence-corrected chi connectivity index (χ2v) is 4.21. The number of hydrogen-bond donors (Lipinski definition) is 1. The zero-order valence-electron chi connectivity index (χ0n) is 11.3. The van der Waals surface area contributed by atoms with E-state index in [9.17, 15) is 4.79 Å². The van der Waals surface area contributed by atoms with Gasteiger partial charge in [-0.05, 0) is 6.92 Å². The molecule has 1 aliphatic rings. The molecule has 1 N–H and O–H groups in total. The van der Waals surface area contributed by atoms with Crippen LogP contribution < -0.4 is 15.0 Å². The molecule has 0 aliphatic carbocycles. The van der Waals surface area contributed by atoms with Gasteiger partial charge in [-0.25, -0.2) is 9.78 Å². The van der Waals surface area contributed by atoms with Crippen molar-refractivity contribution in [2.75, 3.05) is 44.7 Å². The number of carbonyl (C=O) groups is 1. The number of nitrogens with one attached hydrogen (secondary N) is 1. The van der Waals surface area contributed by atoms with Gasteiger partial charge >= 0.3 is 6.03 Å². The Morgan fingerprint density at radius 1 is 1.42 bits per heavy atom. The van der Waals surface area contributed by atoms with Crippen LogP contribution >= 0.6 is 0 Å². The molecule has 104 valence electrons.